The maximum Gasteiger partial charge on any atom is 0.317 e. The third-order valence-corrected chi connectivity index (χ3v) is 7.60. The molecule has 5 heteroatoms. The van der Waals surface area contributed by atoms with Crippen molar-refractivity contribution in [3.8, 4) is 0 Å². The highest BCUT2D eigenvalue weighted by molar-refractivity contribution is 5.73. The molecule has 1 aromatic rings. The van der Waals surface area contributed by atoms with Crippen LogP contribution in [0.15, 0.2) is 30.3 Å². The van der Waals surface area contributed by atoms with Gasteiger partial charge in [-0.3, -0.25) is 4.90 Å². The molecule has 5 nitrogen and oxygen atoms in total. The molecule has 3 aliphatic rings. The highest BCUT2D eigenvalue weighted by Crippen LogP contribution is 2.34. The van der Waals surface area contributed by atoms with Crippen LogP contribution >= 0.6 is 0 Å². The number of benzene rings is 1. The number of urea groups is 1. The van der Waals surface area contributed by atoms with E-state index in [4.69, 9.17) is 0 Å². The van der Waals surface area contributed by atoms with Gasteiger partial charge in [0.2, 0.25) is 0 Å². The molecule has 0 bridgehead atoms. The molecule has 0 radical (unpaired) electrons. The number of carbonyl (C=O) groups is 1. The van der Waals surface area contributed by atoms with Crippen molar-refractivity contribution in [1.82, 2.24) is 20.0 Å². The van der Waals surface area contributed by atoms with E-state index in [9.17, 15) is 4.79 Å². The van der Waals surface area contributed by atoms with Crippen LogP contribution in [-0.4, -0.2) is 79.6 Å². The van der Waals surface area contributed by atoms with Gasteiger partial charge in [-0.1, -0.05) is 30.3 Å². The monoisotopic (exact) mass is 398 g/mol. The van der Waals surface area contributed by atoms with Gasteiger partial charge in [0.1, 0.15) is 0 Å². The van der Waals surface area contributed by atoms with Gasteiger partial charge in [-0.15, -0.1) is 0 Å². The zero-order valence-corrected chi connectivity index (χ0v) is 18.1. The van der Waals surface area contributed by atoms with Crippen molar-refractivity contribution in [2.45, 2.75) is 44.6 Å². The summed E-state index contributed by atoms with van der Waals surface area (Å²) in [7, 11) is 1.73. The van der Waals surface area contributed by atoms with Crippen molar-refractivity contribution in [1.29, 1.82) is 0 Å². The number of amides is 2. The lowest BCUT2D eigenvalue weighted by molar-refractivity contribution is 0.114. The lowest BCUT2D eigenvalue weighted by Crippen LogP contribution is -2.46. The summed E-state index contributed by atoms with van der Waals surface area (Å²) < 4.78 is 0. The predicted octanol–water partition coefficient (Wildman–Crippen LogP) is 3.07. The topological polar surface area (TPSA) is 38.8 Å². The molecular weight excluding hydrogens is 360 g/mol. The fraction of sp³-hybridized carbons (Fsp3) is 0.708. The Balaban J connectivity index is 1.16. The zero-order valence-electron chi connectivity index (χ0n) is 18.1. The van der Waals surface area contributed by atoms with E-state index in [1.807, 2.05) is 4.90 Å². The van der Waals surface area contributed by atoms with Gasteiger partial charge in [-0.05, 0) is 75.6 Å². The quantitative estimate of drug-likeness (QED) is 0.829. The second-order valence-electron chi connectivity index (χ2n) is 9.23. The molecule has 0 saturated carbocycles. The Morgan fingerprint density at radius 2 is 1.62 bits per heavy atom. The van der Waals surface area contributed by atoms with Crippen molar-refractivity contribution in [2.24, 2.45) is 11.8 Å². The Bertz CT molecular complexity index is 636. The molecule has 160 valence electrons. The highest BCUT2D eigenvalue weighted by Gasteiger charge is 2.35. The SMILES string of the molecule is CNC(=O)N1CCC(C2CCN(C3CCN(CCc4ccccc4)CC3)C2)CC1. The Hall–Kier alpha value is -1.59. The van der Waals surface area contributed by atoms with Crippen LogP contribution in [0.25, 0.3) is 0 Å². The first-order valence-electron chi connectivity index (χ1n) is 11.7. The van der Waals surface area contributed by atoms with Gasteiger partial charge in [0, 0.05) is 39.3 Å². The minimum atomic E-state index is 0.0931. The van der Waals surface area contributed by atoms with Crippen LogP contribution in [0.4, 0.5) is 4.79 Å². The predicted molar refractivity (Wildman–Crippen MR) is 118 cm³/mol. The summed E-state index contributed by atoms with van der Waals surface area (Å²) in [6.45, 7) is 8.14. The van der Waals surface area contributed by atoms with E-state index >= 15 is 0 Å². The lowest BCUT2D eigenvalue weighted by Gasteiger charge is -2.38. The minimum Gasteiger partial charge on any atom is -0.341 e. The van der Waals surface area contributed by atoms with Crippen molar-refractivity contribution in [2.75, 3.05) is 52.9 Å². The van der Waals surface area contributed by atoms with Crippen molar-refractivity contribution >= 4 is 6.03 Å². The van der Waals surface area contributed by atoms with Crippen molar-refractivity contribution in [3.05, 3.63) is 35.9 Å². The number of rotatable bonds is 5. The molecule has 29 heavy (non-hydrogen) atoms. The van der Waals surface area contributed by atoms with E-state index < -0.39 is 0 Å². The molecule has 1 atom stereocenters. The molecule has 3 heterocycles. The second-order valence-corrected chi connectivity index (χ2v) is 9.23. The average Bonchev–Trinajstić information content (AvgIpc) is 3.28. The van der Waals surface area contributed by atoms with Gasteiger partial charge >= 0.3 is 6.03 Å². The Morgan fingerprint density at radius 1 is 0.931 bits per heavy atom. The average molecular weight is 399 g/mol. The summed E-state index contributed by atoms with van der Waals surface area (Å²) in [5.41, 5.74) is 1.46. The number of nitrogens with zero attached hydrogens (tertiary/aromatic N) is 3. The number of hydrogen-bond acceptors (Lipinski definition) is 3. The van der Waals surface area contributed by atoms with Crippen LogP contribution in [0, 0.1) is 11.8 Å². The summed E-state index contributed by atoms with van der Waals surface area (Å²) >= 11 is 0. The molecule has 0 spiro atoms. The van der Waals surface area contributed by atoms with Crippen LogP contribution in [0.5, 0.6) is 0 Å². The van der Waals surface area contributed by atoms with Gasteiger partial charge in [-0.25, -0.2) is 4.79 Å². The smallest absolute Gasteiger partial charge is 0.317 e. The number of piperidine rings is 2. The van der Waals surface area contributed by atoms with Crippen molar-refractivity contribution < 1.29 is 4.79 Å². The van der Waals surface area contributed by atoms with E-state index in [2.05, 4.69) is 45.4 Å². The fourth-order valence-corrected chi connectivity index (χ4v) is 5.70. The number of hydrogen-bond donors (Lipinski definition) is 1. The molecule has 3 aliphatic heterocycles. The first kappa shape index (κ1) is 20.7. The molecule has 3 fully saturated rings. The lowest BCUT2D eigenvalue weighted by atomic mass is 9.84. The summed E-state index contributed by atoms with van der Waals surface area (Å²) in [5, 5.41) is 2.77. The van der Waals surface area contributed by atoms with Crippen LogP contribution < -0.4 is 5.32 Å². The normalized spacial score (nSPS) is 25.4. The first-order valence-corrected chi connectivity index (χ1v) is 11.7. The minimum absolute atomic E-state index is 0.0931. The number of likely N-dealkylation sites (tertiary alicyclic amines) is 3. The number of nitrogens with one attached hydrogen (secondary N) is 1. The third-order valence-electron chi connectivity index (χ3n) is 7.60. The first-order chi connectivity index (χ1) is 14.2. The van der Waals surface area contributed by atoms with E-state index in [1.54, 1.807) is 7.05 Å². The third kappa shape index (κ3) is 5.32. The van der Waals surface area contributed by atoms with Gasteiger partial charge in [0.15, 0.2) is 0 Å². The fourth-order valence-electron chi connectivity index (χ4n) is 5.70. The maximum atomic E-state index is 11.8. The van der Waals surface area contributed by atoms with E-state index in [1.165, 1.54) is 76.8 Å². The molecule has 0 aromatic heterocycles. The van der Waals surface area contributed by atoms with E-state index in [-0.39, 0.29) is 6.03 Å². The van der Waals surface area contributed by atoms with Crippen LogP contribution in [-0.2, 0) is 6.42 Å². The van der Waals surface area contributed by atoms with Crippen LogP contribution in [0.1, 0.15) is 37.7 Å². The molecular formula is C24H38N4O. The van der Waals surface area contributed by atoms with Gasteiger partial charge in [0.05, 0.1) is 0 Å². The second kappa shape index (κ2) is 9.94. The maximum absolute atomic E-state index is 11.8. The number of carbonyl (C=O) groups excluding carboxylic acids is 1. The zero-order chi connectivity index (χ0) is 20.1. The molecule has 1 N–H and O–H groups in total. The standard InChI is InChI=1S/C24H38N4O/c1-25-24(29)27-16-8-21(9-17-27)22-10-18-28(19-22)23-11-14-26(15-12-23)13-7-20-5-3-2-4-6-20/h2-6,21-23H,7-19H2,1H3,(H,25,29). The molecule has 1 aromatic carbocycles. The summed E-state index contributed by atoms with van der Waals surface area (Å²) in [5.74, 6) is 1.66. The largest absolute Gasteiger partial charge is 0.341 e. The summed E-state index contributed by atoms with van der Waals surface area (Å²) in [6, 6.07) is 11.8. The van der Waals surface area contributed by atoms with Crippen molar-refractivity contribution in [3.63, 3.8) is 0 Å². The van der Waals surface area contributed by atoms with Gasteiger partial charge < -0.3 is 15.1 Å². The highest BCUT2D eigenvalue weighted by atomic mass is 16.2. The molecule has 0 aliphatic carbocycles. The summed E-state index contributed by atoms with van der Waals surface area (Å²) in [6.07, 6.45) is 7.56. The Labute approximate surface area is 176 Å². The van der Waals surface area contributed by atoms with E-state index in [0.29, 0.717) is 0 Å². The van der Waals surface area contributed by atoms with Crippen LogP contribution in [0.3, 0.4) is 0 Å². The van der Waals surface area contributed by atoms with Gasteiger partial charge in [-0.2, -0.15) is 0 Å². The van der Waals surface area contributed by atoms with E-state index in [0.717, 1.165) is 31.0 Å². The Kier molecular flexibility index (Phi) is 7.09. The molecule has 2 amide bonds. The molecule has 1 unspecified atom stereocenters. The van der Waals surface area contributed by atoms with Crippen LogP contribution in [0.2, 0.25) is 0 Å². The molecule has 3 saturated heterocycles. The Morgan fingerprint density at radius 3 is 2.31 bits per heavy atom. The summed E-state index contributed by atoms with van der Waals surface area (Å²) in [4.78, 5) is 19.2. The molecule has 4 rings (SSSR count). The van der Waals surface area contributed by atoms with Gasteiger partial charge in [0.25, 0.3) is 0 Å².